The quantitative estimate of drug-likeness (QED) is 0.764. The molecule has 0 bridgehead atoms. The molecule has 1 N–H and O–H groups in total. The molecule has 1 aromatic heterocycles. The molecule has 0 fully saturated rings. The number of carbonyl (C=O) groups excluding carboxylic acids is 1. The molecule has 1 aliphatic rings. The summed E-state index contributed by atoms with van der Waals surface area (Å²) < 4.78 is 12.2. The van der Waals surface area contributed by atoms with Gasteiger partial charge in [-0.15, -0.1) is 0 Å². The summed E-state index contributed by atoms with van der Waals surface area (Å²) in [5.41, 5.74) is 0.700. The maximum absolute atomic E-state index is 12.5. The van der Waals surface area contributed by atoms with Gasteiger partial charge in [-0.05, 0) is 12.1 Å². The first-order valence-corrected chi connectivity index (χ1v) is 8.33. The van der Waals surface area contributed by atoms with Crippen molar-refractivity contribution in [3.05, 3.63) is 58.1 Å². The molecule has 8 heteroatoms. The topological polar surface area (TPSA) is 82.5 Å². The fraction of sp³-hybridized carbons (Fsp3) is 0.167. The summed E-state index contributed by atoms with van der Waals surface area (Å²) in [7, 11) is 0. The first kappa shape index (κ1) is 16.4. The second-order valence-corrected chi connectivity index (χ2v) is 6.13. The van der Waals surface area contributed by atoms with Gasteiger partial charge in [-0.1, -0.05) is 23.7 Å². The molecular weight excluding hydrogens is 358 g/mol. The molecule has 0 saturated carbocycles. The molecule has 3 aromatic rings. The van der Waals surface area contributed by atoms with Crippen molar-refractivity contribution in [2.45, 2.75) is 6.54 Å². The number of amides is 1. The van der Waals surface area contributed by atoms with E-state index in [9.17, 15) is 9.59 Å². The average molecular weight is 372 g/mol. The summed E-state index contributed by atoms with van der Waals surface area (Å²) in [6, 6.07) is 10.2. The third kappa shape index (κ3) is 3.09. The summed E-state index contributed by atoms with van der Waals surface area (Å²) >= 11 is 6.19. The molecule has 26 heavy (non-hydrogen) atoms. The number of rotatable bonds is 3. The minimum Gasteiger partial charge on any atom is -0.486 e. The lowest BCUT2D eigenvalue weighted by atomic mass is 10.2. The molecular formula is C18H14ClN3O4. The molecule has 2 aromatic carbocycles. The zero-order valence-electron chi connectivity index (χ0n) is 13.6. The van der Waals surface area contributed by atoms with Crippen molar-refractivity contribution in [2.75, 3.05) is 18.5 Å². The third-order valence-corrected chi connectivity index (χ3v) is 4.26. The predicted octanol–water partition coefficient (Wildman–Crippen LogP) is 2.46. The van der Waals surface area contributed by atoms with E-state index >= 15 is 0 Å². The Morgan fingerprint density at radius 3 is 2.73 bits per heavy atom. The summed E-state index contributed by atoms with van der Waals surface area (Å²) in [5, 5.41) is 3.47. The lowest BCUT2D eigenvalue weighted by Crippen LogP contribution is -2.28. The Bertz CT molecular complexity index is 1060. The Balaban J connectivity index is 1.56. The standard InChI is InChI=1S/C18H14ClN3O4/c19-12-7-15-16(26-6-5-25-15)8-14(12)21-17(23)9-22-10-20-13-4-2-1-3-11(13)18(22)24/h1-4,7-8,10H,5-6,9H2,(H,21,23). The fourth-order valence-corrected chi connectivity index (χ4v) is 2.92. The van der Waals surface area contributed by atoms with Gasteiger partial charge in [0.2, 0.25) is 5.91 Å². The van der Waals surface area contributed by atoms with Gasteiger partial charge >= 0.3 is 0 Å². The molecule has 7 nitrogen and oxygen atoms in total. The minimum atomic E-state index is -0.400. The summed E-state index contributed by atoms with van der Waals surface area (Å²) in [5.74, 6) is 0.650. The van der Waals surface area contributed by atoms with Crippen LogP contribution >= 0.6 is 11.6 Å². The number of ether oxygens (including phenoxy) is 2. The minimum absolute atomic E-state index is 0.179. The molecule has 0 atom stereocenters. The summed E-state index contributed by atoms with van der Waals surface area (Å²) in [6.45, 7) is 0.703. The third-order valence-electron chi connectivity index (χ3n) is 3.95. The van der Waals surface area contributed by atoms with Gasteiger partial charge in [0, 0.05) is 12.1 Å². The van der Waals surface area contributed by atoms with Crippen molar-refractivity contribution in [3.8, 4) is 11.5 Å². The van der Waals surface area contributed by atoms with Crippen LogP contribution in [0, 0.1) is 0 Å². The lowest BCUT2D eigenvalue weighted by Gasteiger charge is -2.20. The van der Waals surface area contributed by atoms with E-state index in [2.05, 4.69) is 10.3 Å². The highest BCUT2D eigenvalue weighted by atomic mass is 35.5. The monoisotopic (exact) mass is 371 g/mol. The van der Waals surface area contributed by atoms with Crippen molar-refractivity contribution in [1.29, 1.82) is 0 Å². The molecule has 0 aliphatic carbocycles. The number of aromatic nitrogens is 2. The van der Waals surface area contributed by atoms with Crippen LogP contribution in [-0.4, -0.2) is 28.7 Å². The molecule has 0 radical (unpaired) electrons. The maximum Gasteiger partial charge on any atom is 0.261 e. The summed E-state index contributed by atoms with van der Waals surface area (Å²) in [6.07, 6.45) is 1.36. The van der Waals surface area contributed by atoms with E-state index in [-0.39, 0.29) is 12.1 Å². The SMILES string of the molecule is O=C(Cn1cnc2ccccc2c1=O)Nc1cc2c(cc1Cl)OCCO2. The highest BCUT2D eigenvalue weighted by Gasteiger charge is 2.17. The Morgan fingerprint density at radius 2 is 1.92 bits per heavy atom. The molecule has 0 spiro atoms. The second-order valence-electron chi connectivity index (χ2n) is 5.72. The molecule has 4 rings (SSSR count). The van der Waals surface area contributed by atoms with Gasteiger partial charge in [-0.2, -0.15) is 0 Å². The van der Waals surface area contributed by atoms with Crippen LogP contribution in [-0.2, 0) is 11.3 Å². The van der Waals surface area contributed by atoms with E-state index in [0.717, 1.165) is 0 Å². The Morgan fingerprint density at radius 1 is 1.19 bits per heavy atom. The molecule has 2 heterocycles. The first-order chi connectivity index (χ1) is 12.6. The van der Waals surface area contributed by atoms with E-state index in [1.165, 1.54) is 10.9 Å². The first-order valence-electron chi connectivity index (χ1n) is 7.95. The van der Waals surface area contributed by atoms with Gasteiger partial charge < -0.3 is 14.8 Å². The van der Waals surface area contributed by atoms with Gasteiger partial charge in [-0.3, -0.25) is 14.2 Å². The van der Waals surface area contributed by atoms with Gasteiger partial charge in [0.25, 0.3) is 5.56 Å². The number of hydrogen-bond acceptors (Lipinski definition) is 5. The van der Waals surface area contributed by atoms with Gasteiger partial charge in [0.1, 0.15) is 19.8 Å². The average Bonchev–Trinajstić information content (AvgIpc) is 2.65. The highest BCUT2D eigenvalue weighted by Crippen LogP contribution is 2.37. The number of para-hydroxylation sites is 1. The van der Waals surface area contributed by atoms with Gasteiger partial charge in [-0.25, -0.2) is 4.98 Å². The number of anilines is 1. The Hall–Kier alpha value is -3.06. The highest BCUT2D eigenvalue weighted by molar-refractivity contribution is 6.34. The van der Waals surface area contributed by atoms with Crippen molar-refractivity contribution in [3.63, 3.8) is 0 Å². The number of nitrogens with one attached hydrogen (secondary N) is 1. The van der Waals surface area contributed by atoms with Crippen LogP contribution in [0.4, 0.5) is 5.69 Å². The van der Waals surface area contributed by atoms with E-state index in [4.69, 9.17) is 21.1 Å². The number of hydrogen-bond donors (Lipinski definition) is 1. The van der Waals surface area contributed by atoms with Gasteiger partial charge in [0.15, 0.2) is 11.5 Å². The van der Waals surface area contributed by atoms with E-state index < -0.39 is 5.91 Å². The normalized spacial score (nSPS) is 12.8. The van der Waals surface area contributed by atoms with Crippen LogP contribution in [0.2, 0.25) is 5.02 Å². The van der Waals surface area contributed by atoms with E-state index in [0.29, 0.717) is 46.3 Å². The van der Waals surface area contributed by atoms with Crippen molar-refractivity contribution in [2.24, 2.45) is 0 Å². The number of carbonyl (C=O) groups is 1. The summed E-state index contributed by atoms with van der Waals surface area (Å²) in [4.78, 5) is 29.0. The number of halogens is 1. The van der Waals surface area contributed by atoms with Crippen LogP contribution in [0.5, 0.6) is 11.5 Å². The van der Waals surface area contributed by atoms with Gasteiger partial charge in [0.05, 0.1) is 27.9 Å². The van der Waals surface area contributed by atoms with E-state index in [1.807, 2.05) is 0 Å². The zero-order valence-corrected chi connectivity index (χ0v) is 14.3. The lowest BCUT2D eigenvalue weighted by molar-refractivity contribution is -0.116. The van der Waals surface area contributed by atoms with Crippen molar-refractivity contribution >= 4 is 34.1 Å². The van der Waals surface area contributed by atoms with Crippen LogP contribution in [0.15, 0.2) is 47.5 Å². The molecule has 132 valence electrons. The Labute approximate surface area is 153 Å². The fourth-order valence-electron chi connectivity index (χ4n) is 2.72. The predicted molar refractivity (Wildman–Crippen MR) is 97.1 cm³/mol. The van der Waals surface area contributed by atoms with Crippen molar-refractivity contribution in [1.82, 2.24) is 9.55 Å². The van der Waals surface area contributed by atoms with Crippen LogP contribution in [0.3, 0.4) is 0 Å². The molecule has 0 unspecified atom stereocenters. The largest absolute Gasteiger partial charge is 0.486 e. The van der Waals surface area contributed by atoms with E-state index in [1.54, 1.807) is 36.4 Å². The van der Waals surface area contributed by atoms with Crippen LogP contribution in [0.1, 0.15) is 0 Å². The van der Waals surface area contributed by atoms with Crippen molar-refractivity contribution < 1.29 is 14.3 Å². The maximum atomic E-state index is 12.5. The van der Waals surface area contributed by atoms with Crippen LogP contribution in [0.25, 0.3) is 10.9 Å². The second kappa shape index (κ2) is 6.68. The molecule has 1 aliphatic heterocycles. The molecule has 1 amide bonds. The van der Waals surface area contributed by atoms with Crippen LogP contribution < -0.4 is 20.3 Å². The number of fused-ring (bicyclic) bond motifs is 2. The number of nitrogens with zero attached hydrogens (tertiary/aromatic N) is 2. The zero-order chi connectivity index (χ0) is 18.1. The number of benzene rings is 2. The smallest absolute Gasteiger partial charge is 0.261 e. The Kier molecular flexibility index (Phi) is 4.22. The molecule has 0 saturated heterocycles.